The first-order valence-electron chi connectivity index (χ1n) is 8.34. The summed E-state index contributed by atoms with van der Waals surface area (Å²) in [5.74, 6) is 6.66. The zero-order chi connectivity index (χ0) is 15.4. The molecule has 1 N–H and O–H groups in total. The summed E-state index contributed by atoms with van der Waals surface area (Å²) < 4.78 is 5.53. The van der Waals surface area contributed by atoms with Crippen LogP contribution in [0.5, 0.6) is 0 Å². The summed E-state index contributed by atoms with van der Waals surface area (Å²) in [5, 5.41) is 10.8. The van der Waals surface area contributed by atoms with Gasteiger partial charge in [-0.3, -0.25) is 4.90 Å². The molecule has 0 radical (unpaired) electrons. The van der Waals surface area contributed by atoms with E-state index in [2.05, 4.69) is 35.8 Å². The number of fused-ring (bicyclic) bond motifs is 3. The van der Waals surface area contributed by atoms with Crippen LogP contribution in [0.4, 0.5) is 0 Å². The molecule has 3 nitrogen and oxygen atoms in total. The Balaban J connectivity index is 1.64. The second-order valence-electron chi connectivity index (χ2n) is 6.47. The van der Waals surface area contributed by atoms with Gasteiger partial charge in [0.25, 0.3) is 0 Å². The molecule has 22 heavy (non-hydrogen) atoms. The van der Waals surface area contributed by atoms with E-state index in [0.717, 1.165) is 44.5 Å². The van der Waals surface area contributed by atoms with Crippen LogP contribution in [-0.4, -0.2) is 41.8 Å². The predicted octanol–water partition coefficient (Wildman–Crippen LogP) is 2.42. The third-order valence-electron chi connectivity index (χ3n) is 4.72. The van der Waals surface area contributed by atoms with Crippen molar-refractivity contribution >= 4 is 0 Å². The van der Waals surface area contributed by atoms with Crippen molar-refractivity contribution in [2.24, 2.45) is 5.92 Å². The van der Waals surface area contributed by atoms with Crippen LogP contribution in [0.15, 0.2) is 24.3 Å². The summed E-state index contributed by atoms with van der Waals surface area (Å²) in [6.07, 6.45) is 3.18. The highest BCUT2D eigenvalue weighted by Gasteiger charge is 2.44. The summed E-state index contributed by atoms with van der Waals surface area (Å²) in [5.41, 5.74) is 1.31. The van der Waals surface area contributed by atoms with E-state index < -0.39 is 5.60 Å². The van der Waals surface area contributed by atoms with Crippen molar-refractivity contribution in [3.63, 3.8) is 0 Å². The summed E-state index contributed by atoms with van der Waals surface area (Å²) in [6, 6.07) is 8.14. The smallest absolute Gasteiger partial charge is 0.141 e. The van der Waals surface area contributed by atoms with Gasteiger partial charge in [0, 0.05) is 24.6 Å². The van der Waals surface area contributed by atoms with Crippen molar-refractivity contribution < 1.29 is 9.84 Å². The normalized spacial score (nSPS) is 29.9. The van der Waals surface area contributed by atoms with Gasteiger partial charge in [-0.25, -0.2) is 0 Å². The molecule has 3 fully saturated rings. The van der Waals surface area contributed by atoms with Gasteiger partial charge in [0.1, 0.15) is 5.60 Å². The molecule has 0 aliphatic carbocycles. The number of hydrogen-bond acceptors (Lipinski definition) is 3. The number of nitrogens with zero attached hydrogens (tertiary/aromatic N) is 1. The third-order valence-corrected chi connectivity index (χ3v) is 4.72. The van der Waals surface area contributed by atoms with Crippen molar-refractivity contribution in [2.45, 2.75) is 38.4 Å². The van der Waals surface area contributed by atoms with Crippen molar-refractivity contribution in [3.8, 4) is 11.8 Å². The van der Waals surface area contributed by atoms with E-state index in [9.17, 15) is 5.11 Å². The Morgan fingerprint density at radius 1 is 1.27 bits per heavy atom. The number of hydrogen-bond donors (Lipinski definition) is 1. The van der Waals surface area contributed by atoms with E-state index in [-0.39, 0.29) is 0 Å². The van der Waals surface area contributed by atoms with E-state index in [1.54, 1.807) is 0 Å². The van der Waals surface area contributed by atoms with E-state index in [0.29, 0.717) is 19.1 Å². The molecule has 3 aliphatic heterocycles. The summed E-state index contributed by atoms with van der Waals surface area (Å²) >= 11 is 0. The van der Waals surface area contributed by atoms with Gasteiger partial charge >= 0.3 is 0 Å². The first-order chi connectivity index (χ1) is 10.7. The average molecular weight is 299 g/mol. The Kier molecular flexibility index (Phi) is 4.83. The highest BCUT2D eigenvalue weighted by Crippen LogP contribution is 2.35. The minimum atomic E-state index is -0.820. The topological polar surface area (TPSA) is 32.7 Å². The maximum absolute atomic E-state index is 10.8. The molecule has 0 spiro atoms. The first-order valence-corrected chi connectivity index (χ1v) is 8.34. The molecule has 4 rings (SSSR count). The second-order valence-corrected chi connectivity index (χ2v) is 6.47. The van der Waals surface area contributed by atoms with Gasteiger partial charge in [-0.05, 0) is 50.0 Å². The van der Waals surface area contributed by atoms with Gasteiger partial charge in [0.15, 0.2) is 0 Å². The van der Waals surface area contributed by atoms with Crippen LogP contribution in [-0.2, 0) is 11.3 Å². The molecule has 3 heterocycles. The minimum Gasteiger partial charge on any atom is -0.377 e. The lowest BCUT2D eigenvalue weighted by atomic mass is 9.76. The van der Waals surface area contributed by atoms with E-state index in [4.69, 9.17) is 4.74 Å². The first kappa shape index (κ1) is 15.6. The van der Waals surface area contributed by atoms with E-state index in [1.807, 2.05) is 12.1 Å². The lowest BCUT2D eigenvalue weighted by molar-refractivity contribution is -0.0713. The Labute approximate surface area is 133 Å². The fourth-order valence-electron chi connectivity index (χ4n) is 3.38. The van der Waals surface area contributed by atoms with Gasteiger partial charge in [0.05, 0.1) is 6.61 Å². The van der Waals surface area contributed by atoms with E-state index in [1.165, 1.54) is 5.56 Å². The molecule has 118 valence electrons. The SMILES string of the molecule is CCCOCc1ccc(C#CC2(O)CN3CCC2CC3)cc1. The van der Waals surface area contributed by atoms with Crippen LogP contribution >= 0.6 is 0 Å². The quantitative estimate of drug-likeness (QED) is 0.684. The maximum atomic E-state index is 10.8. The highest BCUT2D eigenvalue weighted by atomic mass is 16.5. The summed E-state index contributed by atoms with van der Waals surface area (Å²) in [7, 11) is 0. The number of aliphatic hydroxyl groups is 1. The molecule has 0 saturated carbocycles. The summed E-state index contributed by atoms with van der Waals surface area (Å²) in [6.45, 7) is 6.49. The molecular formula is C19H25NO2. The van der Waals surface area contributed by atoms with E-state index >= 15 is 0 Å². The fraction of sp³-hybridized carbons (Fsp3) is 0.579. The number of benzene rings is 1. The summed E-state index contributed by atoms with van der Waals surface area (Å²) in [4.78, 5) is 2.32. The van der Waals surface area contributed by atoms with Crippen LogP contribution in [0, 0.1) is 17.8 Å². The largest absolute Gasteiger partial charge is 0.377 e. The Morgan fingerprint density at radius 3 is 2.59 bits per heavy atom. The molecule has 1 atom stereocenters. The third kappa shape index (κ3) is 3.52. The molecule has 1 unspecified atom stereocenters. The average Bonchev–Trinajstić information content (AvgIpc) is 2.55. The van der Waals surface area contributed by atoms with Gasteiger partial charge < -0.3 is 9.84 Å². The van der Waals surface area contributed by atoms with Crippen LogP contribution in [0.2, 0.25) is 0 Å². The molecule has 1 aromatic carbocycles. The van der Waals surface area contributed by atoms with Crippen molar-refractivity contribution in [3.05, 3.63) is 35.4 Å². The number of piperidine rings is 3. The van der Waals surface area contributed by atoms with Crippen molar-refractivity contribution in [1.82, 2.24) is 4.90 Å². The molecular weight excluding hydrogens is 274 g/mol. The molecule has 3 aliphatic rings. The Bertz CT molecular complexity index is 549. The Morgan fingerprint density at radius 2 is 2.00 bits per heavy atom. The lowest BCUT2D eigenvalue weighted by Gasteiger charge is -2.47. The monoisotopic (exact) mass is 299 g/mol. The van der Waals surface area contributed by atoms with Gasteiger partial charge in [-0.15, -0.1) is 0 Å². The van der Waals surface area contributed by atoms with Crippen molar-refractivity contribution in [1.29, 1.82) is 0 Å². The molecule has 3 saturated heterocycles. The molecule has 0 amide bonds. The Hall–Kier alpha value is -1.34. The predicted molar refractivity (Wildman–Crippen MR) is 87.4 cm³/mol. The molecule has 1 aromatic rings. The fourth-order valence-corrected chi connectivity index (χ4v) is 3.38. The maximum Gasteiger partial charge on any atom is 0.141 e. The van der Waals surface area contributed by atoms with Crippen LogP contribution < -0.4 is 0 Å². The molecule has 0 aromatic heterocycles. The van der Waals surface area contributed by atoms with Gasteiger partial charge in [-0.2, -0.15) is 0 Å². The number of ether oxygens (including phenoxy) is 1. The standard InChI is InChI=1S/C19H25NO2/c1-2-13-22-14-17-5-3-16(4-6-17)7-10-19(21)15-20-11-8-18(19)9-12-20/h3-6,18,21H,2,8-9,11-15H2,1H3. The highest BCUT2D eigenvalue weighted by molar-refractivity contribution is 5.38. The van der Waals surface area contributed by atoms with Crippen LogP contribution in [0.1, 0.15) is 37.3 Å². The van der Waals surface area contributed by atoms with Gasteiger partial charge in [-0.1, -0.05) is 30.9 Å². The molecule has 2 bridgehead atoms. The van der Waals surface area contributed by atoms with Crippen LogP contribution in [0.25, 0.3) is 0 Å². The zero-order valence-corrected chi connectivity index (χ0v) is 13.3. The second kappa shape index (κ2) is 6.83. The minimum absolute atomic E-state index is 0.340. The number of rotatable bonds is 4. The van der Waals surface area contributed by atoms with Crippen molar-refractivity contribution in [2.75, 3.05) is 26.2 Å². The lowest BCUT2D eigenvalue weighted by Crippen LogP contribution is -2.58. The molecule has 3 heteroatoms. The van der Waals surface area contributed by atoms with Crippen LogP contribution in [0.3, 0.4) is 0 Å². The zero-order valence-electron chi connectivity index (χ0n) is 13.3. The van der Waals surface area contributed by atoms with Gasteiger partial charge in [0.2, 0.25) is 0 Å².